The second-order valence-corrected chi connectivity index (χ2v) is 4.33. The Hall–Kier alpha value is 2.75. The average molecular weight is 478 g/mol. The zero-order valence-electron chi connectivity index (χ0n) is 11.6. The largest absolute Gasteiger partial charge is 0.314 e. The summed E-state index contributed by atoms with van der Waals surface area (Å²) in [5.41, 5.74) is 0. The molecule has 0 nitrogen and oxygen atoms in total. The van der Waals surface area contributed by atoms with Crippen molar-refractivity contribution in [2.24, 2.45) is 0 Å². The van der Waals surface area contributed by atoms with E-state index in [-0.39, 0.29) is 83.5 Å². The van der Waals surface area contributed by atoms with E-state index in [9.17, 15) is 0 Å². The van der Waals surface area contributed by atoms with Crippen LogP contribution in [0.1, 0.15) is 85.0 Å². The Morgan fingerprint density at radius 1 is 0.625 bits per heavy atom. The van der Waals surface area contributed by atoms with E-state index in [1.807, 2.05) is 0 Å². The monoisotopic (exact) mass is 477 g/mol. The fourth-order valence-electron chi connectivity index (χ4n) is 1.94. The normalized spacial score (nSPS) is 9.75. The quantitative estimate of drug-likeness (QED) is 0.287. The van der Waals surface area contributed by atoms with Gasteiger partial charge >= 0.3 is 0 Å². The number of hydrogen-bond donors (Lipinski definition) is 0. The first-order valence-electron chi connectivity index (χ1n) is 6.68. The molecule has 0 aromatic heterocycles. The molecule has 0 radical (unpaired) electrons. The first-order chi connectivity index (χ1) is 6.85. The Labute approximate surface area is 171 Å². The van der Waals surface area contributed by atoms with Gasteiger partial charge in [-0.25, -0.2) is 0 Å². The maximum Gasteiger partial charge on any atom is 0 e. The molecule has 0 aliphatic rings. The first-order valence-corrected chi connectivity index (χ1v) is 6.68. The summed E-state index contributed by atoms with van der Waals surface area (Å²) in [5.74, 6) is 1.76. The molecule has 0 saturated heterocycles. The van der Waals surface area contributed by atoms with Gasteiger partial charge in [0.25, 0.3) is 0 Å². The summed E-state index contributed by atoms with van der Waals surface area (Å²) >= 11 is 0. The van der Waals surface area contributed by atoms with E-state index in [4.69, 9.17) is 0 Å². The fourth-order valence-corrected chi connectivity index (χ4v) is 1.94. The summed E-state index contributed by atoms with van der Waals surface area (Å²) in [4.78, 5) is 0. The number of hydrogen-bond acceptors (Lipinski definition) is 0. The third kappa shape index (κ3) is 16.8. The van der Waals surface area contributed by atoms with Gasteiger partial charge in [0.2, 0.25) is 0 Å². The van der Waals surface area contributed by atoms with Gasteiger partial charge in [-0.05, 0) is 0 Å². The summed E-state index contributed by atoms with van der Waals surface area (Å²) in [7, 11) is 0. The van der Waals surface area contributed by atoms with E-state index < -0.39 is 0 Å². The summed E-state index contributed by atoms with van der Waals surface area (Å²) in [6.07, 6.45) is 14.0. The minimum absolute atomic E-state index is 0. The minimum atomic E-state index is 0. The van der Waals surface area contributed by atoms with Crippen LogP contribution in [0.3, 0.4) is 0 Å². The van der Waals surface area contributed by atoms with E-state index in [0.29, 0.717) is 0 Å². The smallest absolute Gasteiger partial charge is 0 e. The van der Waals surface area contributed by atoms with E-state index in [1.165, 1.54) is 64.2 Å². The van der Waals surface area contributed by atoms with Gasteiger partial charge < -0.3 is 5.92 Å². The van der Waals surface area contributed by atoms with Crippen LogP contribution in [-0.4, -0.2) is 0 Å². The second kappa shape index (κ2) is 20.1. The van der Waals surface area contributed by atoms with Crippen molar-refractivity contribution in [3.63, 3.8) is 0 Å². The van der Waals surface area contributed by atoms with Crippen molar-refractivity contribution in [3.8, 4) is 0 Å². The second-order valence-electron chi connectivity index (χ2n) is 4.33. The molecular formula is C14H29Ce2-. The molecule has 0 aromatic rings. The molecule has 16 heavy (non-hydrogen) atoms. The van der Waals surface area contributed by atoms with Gasteiger partial charge in [-0.15, -0.1) is 0 Å². The van der Waals surface area contributed by atoms with Crippen LogP contribution in [-0.2, 0) is 0 Å². The molecule has 0 spiro atoms. The van der Waals surface area contributed by atoms with Crippen LogP contribution >= 0.6 is 0 Å². The molecule has 0 fully saturated rings. The molecule has 0 heterocycles. The Morgan fingerprint density at radius 2 is 1.06 bits per heavy atom. The van der Waals surface area contributed by atoms with Crippen LogP contribution in [0.25, 0.3) is 0 Å². The van der Waals surface area contributed by atoms with E-state index in [2.05, 4.69) is 20.8 Å². The Balaban J connectivity index is -0.000000845. The molecule has 2 heteroatoms. The van der Waals surface area contributed by atoms with Crippen molar-refractivity contribution in [1.29, 1.82) is 0 Å². The number of unbranched alkanes of at least 4 members (excludes halogenated alkanes) is 6. The Bertz CT molecular complexity index is 101. The maximum absolute atomic E-state index is 2.29. The number of rotatable bonds is 10. The topological polar surface area (TPSA) is 0 Å². The van der Waals surface area contributed by atoms with Crippen LogP contribution in [0, 0.1) is 89.4 Å². The first kappa shape index (κ1) is 23.8. The fraction of sp³-hybridized carbons (Fsp3) is 0.929. The molecule has 0 bridgehead atoms. The third-order valence-electron chi connectivity index (χ3n) is 3.13. The Kier molecular flexibility index (Phi) is 29.9. The SMILES string of the molecule is CCCCCCCCC[C-](CC)CC.[Ce].[Ce]. The van der Waals surface area contributed by atoms with Gasteiger partial charge in [-0.3, -0.25) is 0 Å². The van der Waals surface area contributed by atoms with Crippen LogP contribution in [0.2, 0.25) is 0 Å². The summed E-state index contributed by atoms with van der Waals surface area (Å²) in [6.45, 7) is 6.86. The van der Waals surface area contributed by atoms with E-state index >= 15 is 0 Å². The van der Waals surface area contributed by atoms with Gasteiger partial charge in [0, 0.05) is 83.5 Å². The van der Waals surface area contributed by atoms with Gasteiger partial charge in [0.05, 0.1) is 0 Å². The zero-order chi connectivity index (χ0) is 10.6. The van der Waals surface area contributed by atoms with Gasteiger partial charge in [0.1, 0.15) is 0 Å². The van der Waals surface area contributed by atoms with Gasteiger partial charge in [0.15, 0.2) is 0 Å². The van der Waals surface area contributed by atoms with E-state index in [0.717, 1.165) is 0 Å². The van der Waals surface area contributed by atoms with Crippen molar-refractivity contribution in [2.45, 2.75) is 85.0 Å². The predicted molar refractivity (Wildman–Crippen MR) is 66.4 cm³/mol. The molecular weight excluding hydrogens is 448 g/mol. The summed E-state index contributed by atoms with van der Waals surface area (Å²) < 4.78 is 0. The average Bonchev–Trinajstić information content (AvgIpc) is 2.22. The van der Waals surface area contributed by atoms with Gasteiger partial charge in [-0.2, -0.15) is 19.3 Å². The molecule has 0 saturated carbocycles. The molecule has 0 aliphatic heterocycles. The molecule has 94 valence electrons. The van der Waals surface area contributed by atoms with Crippen molar-refractivity contribution < 1.29 is 83.5 Å². The Morgan fingerprint density at radius 3 is 1.50 bits per heavy atom. The molecule has 0 unspecified atom stereocenters. The predicted octanol–water partition coefficient (Wildman–Crippen LogP) is 5.52. The van der Waals surface area contributed by atoms with Crippen LogP contribution in [0.15, 0.2) is 0 Å². The van der Waals surface area contributed by atoms with Crippen molar-refractivity contribution >= 4 is 0 Å². The van der Waals surface area contributed by atoms with Crippen LogP contribution in [0.4, 0.5) is 0 Å². The van der Waals surface area contributed by atoms with Crippen molar-refractivity contribution in [3.05, 3.63) is 5.92 Å². The van der Waals surface area contributed by atoms with Crippen LogP contribution in [0.5, 0.6) is 0 Å². The van der Waals surface area contributed by atoms with Crippen LogP contribution < -0.4 is 0 Å². The molecule has 0 atom stereocenters. The molecule has 0 aliphatic carbocycles. The van der Waals surface area contributed by atoms with Crippen molar-refractivity contribution in [1.82, 2.24) is 0 Å². The summed E-state index contributed by atoms with van der Waals surface area (Å²) in [6, 6.07) is 0. The van der Waals surface area contributed by atoms with E-state index in [1.54, 1.807) is 5.92 Å². The molecule has 0 amide bonds. The minimum Gasteiger partial charge on any atom is -0.314 e. The van der Waals surface area contributed by atoms with Crippen molar-refractivity contribution in [2.75, 3.05) is 0 Å². The standard InChI is InChI=1S/C14H29.2Ce/c1-4-7-8-9-10-11-12-13-14(5-2)6-3;;/h4-13H2,1-3H3;;/q-1;;. The third-order valence-corrected chi connectivity index (χ3v) is 3.13. The molecule has 0 aromatic carbocycles. The summed E-state index contributed by atoms with van der Waals surface area (Å²) in [5, 5.41) is 0. The maximum atomic E-state index is 2.29. The zero-order valence-corrected chi connectivity index (χ0v) is 17.9. The van der Waals surface area contributed by atoms with Gasteiger partial charge in [-0.1, -0.05) is 65.7 Å². The molecule has 0 rings (SSSR count). The molecule has 0 N–H and O–H groups in total.